The van der Waals surface area contributed by atoms with E-state index in [2.05, 4.69) is 70.4 Å². The molecule has 5 aromatic rings. The first-order chi connectivity index (χ1) is 14.8. The SMILES string of the molecule is c1csc(C2=NN(c3nc(-c4ccc5ccccc5c4)cs3)[C@@H](c3ccoc3)C2)c1. The third kappa shape index (κ3) is 3.05. The van der Waals surface area contributed by atoms with Crippen molar-refractivity contribution in [1.82, 2.24) is 4.98 Å². The molecule has 3 aromatic heterocycles. The number of nitrogens with zero attached hydrogens (tertiary/aromatic N) is 3. The Morgan fingerprint density at radius 1 is 0.967 bits per heavy atom. The third-order valence-electron chi connectivity index (χ3n) is 5.38. The lowest BCUT2D eigenvalue weighted by atomic mass is 10.0. The molecule has 2 aromatic carbocycles. The summed E-state index contributed by atoms with van der Waals surface area (Å²) in [5.74, 6) is 0. The number of benzene rings is 2. The van der Waals surface area contributed by atoms with Crippen LogP contribution in [0.5, 0.6) is 0 Å². The number of anilines is 1. The summed E-state index contributed by atoms with van der Waals surface area (Å²) in [6, 6.07) is 21.2. The van der Waals surface area contributed by atoms with Gasteiger partial charge in [0.05, 0.1) is 34.9 Å². The van der Waals surface area contributed by atoms with Crippen molar-refractivity contribution in [2.24, 2.45) is 5.10 Å². The van der Waals surface area contributed by atoms with Gasteiger partial charge in [-0.2, -0.15) is 5.10 Å². The van der Waals surface area contributed by atoms with Crippen molar-refractivity contribution in [3.8, 4) is 11.3 Å². The van der Waals surface area contributed by atoms with Crippen molar-refractivity contribution in [1.29, 1.82) is 0 Å². The van der Waals surface area contributed by atoms with Gasteiger partial charge >= 0.3 is 0 Å². The Kier molecular flexibility index (Phi) is 4.25. The molecule has 0 saturated heterocycles. The van der Waals surface area contributed by atoms with Gasteiger partial charge in [-0.15, -0.1) is 22.7 Å². The third-order valence-corrected chi connectivity index (χ3v) is 7.13. The lowest BCUT2D eigenvalue weighted by Crippen LogP contribution is -2.17. The Bertz CT molecular complexity index is 1340. The van der Waals surface area contributed by atoms with Crippen molar-refractivity contribution in [2.45, 2.75) is 12.5 Å². The number of thiazole rings is 1. The summed E-state index contributed by atoms with van der Waals surface area (Å²) in [5, 5.41) is 14.6. The summed E-state index contributed by atoms with van der Waals surface area (Å²) in [6.07, 6.45) is 4.37. The number of thiophene rings is 1. The molecule has 30 heavy (non-hydrogen) atoms. The van der Waals surface area contributed by atoms with Gasteiger partial charge in [0.2, 0.25) is 5.13 Å². The zero-order valence-corrected chi connectivity index (χ0v) is 17.6. The fourth-order valence-corrected chi connectivity index (χ4v) is 5.41. The summed E-state index contributed by atoms with van der Waals surface area (Å²) in [7, 11) is 0. The molecule has 6 rings (SSSR count). The van der Waals surface area contributed by atoms with Crippen LogP contribution in [0.4, 0.5) is 5.13 Å². The quantitative estimate of drug-likeness (QED) is 0.311. The van der Waals surface area contributed by atoms with E-state index in [4.69, 9.17) is 14.5 Å². The second kappa shape index (κ2) is 7.23. The monoisotopic (exact) mass is 427 g/mol. The highest BCUT2D eigenvalue weighted by atomic mass is 32.1. The highest BCUT2D eigenvalue weighted by molar-refractivity contribution is 7.14. The van der Waals surface area contributed by atoms with E-state index in [1.165, 1.54) is 15.6 Å². The number of furan rings is 1. The predicted octanol–water partition coefficient (Wildman–Crippen LogP) is 6.97. The minimum atomic E-state index is 0.0939. The van der Waals surface area contributed by atoms with Crippen LogP contribution in [0.3, 0.4) is 0 Å². The molecule has 0 radical (unpaired) electrons. The molecule has 4 heterocycles. The van der Waals surface area contributed by atoms with Gasteiger partial charge in [0, 0.05) is 22.9 Å². The van der Waals surface area contributed by atoms with E-state index in [0.717, 1.165) is 34.1 Å². The molecule has 146 valence electrons. The van der Waals surface area contributed by atoms with E-state index >= 15 is 0 Å². The number of hydrogen-bond donors (Lipinski definition) is 0. The van der Waals surface area contributed by atoms with Crippen molar-refractivity contribution in [3.63, 3.8) is 0 Å². The first-order valence-corrected chi connectivity index (χ1v) is 11.5. The van der Waals surface area contributed by atoms with Crippen LogP contribution in [0.1, 0.15) is 22.9 Å². The second-order valence-corrected chi connectivity index (χ2v) is 9.01. The molecule has 0 saturated carbocycles. The highest BCUT2D eigenvalue weighted by Crippen LogP contribution is 2.40. The number of aromatic nitrogens is 1. The lowest BCUT2D eigenvalue weighted by Gasteiger charge is -2.19. The highest BCUT2D eigenvalue weighted by Gasteiger charge is 2.32. The van der Waals surface area contributed by atoms with Crippen molar-refractivity contribution in [3.05, 3.63) is 94.4 Å². The van der Waals surface area contributed by atoms with Gasteiger partial charge in [0.1, 0.15) is 0 Å². The standard InChI is InChI=1S/C24H17N3OS2/c1-2-5-17-12-18(8-7-16(17)4-1)21-15-30-24(25-21)27-22(19-9-10-28-14-19)13-20(26-27)23-6-3-11-29-23/h1-12,14-15,22H,13H2/t22-/m1/s1. The van der Waals surface area contributed by atoms with E-state index in [1.807, 2.05) is 12.3 Å². The molecular weight excluding hydrogens is 410 g/mol. The minimum absolute atomic E-state index is 0.0939. The van der Waals surface area contributed by atoms with Crippen LogP contribution in [0.25, 0.3) is 22.0 Å². The first-order valence-electron chi connectivity index (χ1n) is 9.72. The molecule has 0 fully saturated rings. The lowest BCUT2D eigenvalue weighted by molar-refractivity contribution is 0.558. The van der Waals surface area contributed by atoms with Crippen LogP contribution in [-0.4, -0.2) is 10.7 Å². The van der Waals surface area contributed by atoms with Crippen LogP contribution in [0, 0.1) is 0 Å². The Hall–Kier alpha value is -3.22. The Morgan fingerprint density at radius 2 is 1.90 bits per heavy atom. The molecule has 0 amide bonds. The van der Waals surface area contributed by atoms with Crippen molar-refractivity contribution in [2.75, 3.05) is 5.01 Å². The van der Waals surface area contributed by atoms with Crippen LogP contribution >= 0.6 is 22.7 Å². The zero-order chi connectivity index (χ0) is 19.9. The zero-order valence-electron chi connectivity index (χ0n) is 15.9. The average Bonchev–Trinajstić information content (AvgIpc) is 3.58. The van der Waals surface area contributed by atoms with Crippen molar-refractivity contribution < 1.29 is 4.42 Å². The van der Waals surface area contributed by atoms with Gasteiger partial charge in [0.25, 0.3) is 0 Å². The molecule has 1 atom stereocenters. The maximum atomic E-state index is 5.36. The van der Waals surface area contributed by atoms with E-state index in [-0.39, 0.29) is 6.04 Å². The summed E-state index contributed by atoms with van der Waals surface area (Å²) >= 11 is 3.35. The fraction of sp³-hybridized carbons (Fsp3) is 0.0833. The molecule has 0 bridgehead atoms. The number of rotatable bonds is 4. The molecule has 1 aliphatic rings. The van der Waals surface area contributed by atoms with Crippen LogP contribution in [0.15, 0.2) is 93.5 Å². The summed E-state index contributed by atoms with van der Waals surface area (Å²) < 4.78 is 5.36. The van der Waals surface area contributed by atoms with Crippen molar-refractivity contribution >= 4 is 44.3 Å². The molecule has 0 spiro atoms. The normalized spacial score (nSPS) is 16.3. The fourth-order valence-electron chi connectivity index (χ4n) is 3.85. The Balaban J connectivity index is 1.38. The number of fused-ring (bicyclic) bond motifs is 1. The molecular formula is C24H17N3OS2. The summed E-state index contributed by atoms with van der Waals surface area (Å²) in [5.41, 5.74) is 4.32. The smallest absolute Gasteiger partial charge is 0.207 e. The maximum Gasteiger partial charge on any atom is 0.207 e. The minimum Gasteiger partial charge on any atom is -0.472 e. The van der Waals surface area contributed by atoms with Crippen LogP contribution in [-0.2, 0) is 0 Å². The van der Waals surface area contributed by atoms with Gasteiger partial charge in [-0.25, -0.2) is 9.99 Å². The van der Waals surface area contributed by atoms with Crippen LogP contribution in [0.2, 0.25) is 0 Å². The summed E-state index contributed by atoms with van der Waals surface area (Å²) in [6.45, 7) is 0. The predicted molar refractivity (Wildman–Crippen MR) is 124 cm³/mol. The van der Waals surface area contributed by atoms with E-state index in [1.54, 1.807) is 28.9 Å². The van der Waals surface area contributed by atoms with E-state index < -0.39 is 0 Å². The van der Waals surface area contributed by atoms with E-state index in [0.29, 0.717) is 0 Å². The Morgan fingerprint density at radius 3 is 2.73 bits per heavy atom. The summed E-state index contributed by atoms with van der Waals surface area (Å²) in [4.78, 5) is 6.16. The first kappa shape index (κ1) is 17.6. The van der Waals surface area contributed by atoms with Gasteiger partial charge < -0.3 is 4.42 Å². The molecule has 6 heteroatoms. The molecule has 4 nitrogen and oxygen atoms in total. The van der Waals surface area contributed by atoms with Gasteiger partial charge in [-0.1, -0.05) is 42.5 Å². The van der Waals surface area contributed by atoms with Gasteiger partial charge in [-0.3, -0.25) is 0 Å². The van der Waals surface area contributed by atoms with Gasteiger partial charge in [0.15, 0.2) is 0 Å². The topological polar surface area (TPSA) is 41.6 Å². The second-order valence-electron chi connectivity index (χ2n) is 7.22. The molecule has 0 aliphatic carbocycles. The molecule has 1 aliphatic heterocycles. The molecule has 0 N–H and O–H groups in total. The van der Waals surface area contributed by atoms with Gasteiger partial charge in [-0.05, 0) is 34.4 Å². The van der Waals surface area contributed by atoms with Crippen LogP contribution < -0.4 is 5.01 Å². The number of hydrogen-bond acceptors (Lipinski definition) is 6. The average molecular weight is 428 g/mol. The maximum absolute atomic E-state index is 5.36. The largest absolute Gasteiger partial charge is 0.472 e. The number of hydrazone groups is 1. The molecule has 0 unspecified atom stereocenters. The Labute approximate surface area is 181 Å². The van der Waals surface area contributed by atoms with E-state index in [9.17, 15) is 0 Å².